The van der Waals surface area contributed by atoms with Gasteiger partial charge in [-0.15, -0.1) is 0 Å². The largest absolute Gasteiger partial charge is 0.342 e. The zero-order chi connectivity index (χ0) is 7.98. The van der Waals surface area contributed by atoms with Gasteiger partial charge in [-0.1, -0.05) is 19.1 Å². The van der Waals surface area contributed by atoms with E-state index >= 15 is 0 Å². The van der Waals surface area contributed by atoms with Crippen LogP contribution in [0.2, 0.25) is 0 Å². The van der Waals surface area contributed by atoms with Gasteiger partial charge < -0.3 is 4.90 Å². The maximum atomic E-state index is 10.9. The van der Waals surface area contributed by atoms with Gasteiger partial charge in [0.2, 0.25) is 5.91 Å². The standard InChI is InChI=1S/C8H15NO/c1-4-6-7-9(3)8(10)5-2/h4,6H,5,7H2,1-3H3. The van der Waals surface area contributed by atoms with Gasteiger partial charge in [0.25, 0.3) is 0 Å². The second-order valence-corrected chi connectivity index (χ2v) is 2.20. The van der Waals surface area contributed by atoms with Gasteiger partial charge in [0.1, 0.15) is 0 Å². The molecule has 2 heteroatoms. The Morgan fingerprint density at radius 2 is 2.20 bits per heavy atom. The first-order valence-electron chi connectivity index (χ1n) is 3.57. The Bertz CT molecular complexity index is 129. The molecule has 0 heterocycles. The molecule has 0 unspecified atom stereocenters. The lowest BCUT2D eigenvalue weighted by Crippen LogP contribution is -2.25. The molecule has 0 saturated carbocycles. The van der Waals surface area contributed by atoms with E-state index in [1.165, 1.54) is 0 Å². The van der Waals surface area contributed by atoms with E-state index in [9.17, 15) is 4.79 Å². The van der Waals surface area contributed by atoms with E-state index in [0.717, 1.165) is 6.54 Å². The average Bonchev–Trinajstić information content (AvgIpc) is 1.98. The van der Waals surface area contributed by atoms with Crippen LogP contribution in [0.5, 0.6) is 0 Å². The van der Waals surface area contributed by atoms with Crippen LogP contribution < -0.4 is 0 Å². The SMILES string of the molecule is CC=CCN(C)C(=O)CC. The first kappa shape index (κ1) is 9.21. The summed E-state index contributed by atoms with van der Waals surface area (Å²) in [4.78, 5) is 12.6. The maximum absolute atomic E-state index is 10.9. The summed E-state index contributed by atoms with van der Waals surface area (Å²) in [7, 11) is 1.81. The average molecular weight is 141 g/mol. The lowest BCUT2D eigenvalue weighted by Gasteiger charge is -2.12. The van der Waals surface area contributed by atoms with E-state index < -0.39 is 0 Å². The van der Waals surface area contributed by atoms with Crippen molar-refractivity contribution in [3.63, 3.8) is 0 Å². The minimum Gasteiger partial charge on any atom is -0.342 e. The number of amides is 1. The molecular formula is C8H15NO. The number of carbonyl (C=O) groups is 1. The van der Waals surface area contributed by atoms with E-state index in [1.54, 1.807) is 4.90 Å². The van der Waals surface area contributed by atoms with Gasteiger partial charge in [0, 0.05) is 20.0 Å². The Balaban J connectivity index is 3.61. The number of likely N-dealkylation sites (N-methyl/N-ethyl adjacent to an activating group) is 1. The number of hydrogen-bond donors (Lipinski definition) is 0. The van der Waals surface area contributed by atoms with Gasteiger partial charge >= 0.3 is 0 Å². The molecule has 0 bridgehead atoms. The van der Waals surface area contributed by atoms with Crippen LogP contribution in [0, 0.1) is 0 Å². The molecule has 0 radical (unpaired) electrons. The van der Waals surface area contributed by atoms with Crippen LogP contribution in [0.15, 0.2) is 12.2 Å². The summed E-state index contributed by atoms with van der Waals surface area (Å²) < 4.78 is 0. The molecule has 0 spiro atoms. The molecule has 2 nitrogen and oxygen atoms in total. The van der Waals surface area contributed by atoms with Gasteiger partial charge in [-0.05, 0) is 6.92 Å². The fourth-order valence-electron chi connectivity index (χ4n) is 0.635. The lowest BCUT2D eigenvalue weighted by molar-refractivity contribution is -0.129. The molecule has 0 aromatic heterocycles. The predicted molar refractivity (Wildman–Crippen MR) is 42.7 cm³/mol. The monoisotopic (exact) mass is 141 g/mol. The third-order valence-corrected chi connectivity index (χ3v) is 1.34. The fraction of sp³-hybridized carbons (Fsp3) is 0.625. The van der Waals surface area contributed by atoms with Gasteiger partial charge in [-0.2, -0.15) is 0 Å². The molecule has 0 fully saturated rings. The summed E-state index contributed by atoms with van der Waals surface area (Å²) in [5.74, 6) is 0.193. The van der Waals surface area contributed by atoms with Crippen molar-refractivity contribution >= 4 is 5.91 Å². The van der Waals surface area contributed by atoms with E-state index in [0.29, 0.717) is 6.42 Å². The number of carbonyl (C=O) groups excluding carboxylic acids is 1. The zero-order valence-electron chi connectivity index (χ0n) is 6.92. The number of allylic oxidation sites excluding steroid dienone is 1. The van der Waals surface area contributed by atoms with Crippen molar-refractivity contribution in [1.82, 2.24) is 4.90 Å². The first-order valence-corrected chi connectivity index (χ1v) is 3.57. The molecule has 58 valence electrons. The molecule has 0 N–H and O–H groups in total. The van der Waals surface area contributed by atoms with Gasteiger partial charge in [0.15, 0.2) is 0 Å². The first-order chi connectivity index (χ1) is 4.72. The van der Waals surface area contributed by atoms with Crippen LogP contribution in [0.3, 0.4) is 0 Å². The highest BCUT2D eigenvalue weighted by Crippen LogP contribution is 1.88. The van der Waals surface area contributed by atoms with Crippen molar-refractivity contribution in [2.24, 2.45) is 0 Å². The van der Waals surface area contributed by atoms with Crippen LogP contribution in [0.4, 0.5) is 0 Å². The van der Waals surface area contributed by atoms with Crippen LogP contribution in [0.25, 0.3) is 0 Å². The minimum absolute atomic E-state index is 0.193. The predicted octanol–water partition coefficient (Wildman–Crippen LogP) is 1.43. The normalized spacial score (nSPS) is 10.3. The Kier molecular flexibility index (Phi) is 4.63. The molecule has 0 aliphatic heterocycles. The highest BCUT2D eigenvalue weighted by atomic mass is 16.2. The van der Waals surface area contributed by atoms with Crippen molar-refractivity contribution in [1.29, 1.82) is 0 Å². The van der Waals surface area contributed by atoms with Crippen LogP contribution in [0.1, 0.15) is 20.3 Å². The topological polar surface area (TPSA) is 20.3 Å². The van der Waals surface area contributed by atoms with Crippen molar-refractivity contribution in [3.05, 3.63) is 12.2 Å². The smallest absolute Gasteiger partial charge is 0.222 e. The Hall–Kier alpha value is -0.790. The summed E-state index contributed by atoms with van der Waals surface area (Å²) in [6, 6.07) is 0. The molecule has 10 heavy (non-hydrogen) atoms. The molecule has 0 rings (SSSR count). The molecule has 0 aliphatic rings. The van der Waals surface area contributed by atoms with Crippen LogP contribution >= 0.6 is 0 Å². The zero-order valence-corrected chi connectivity index (χ0v) is 6.92. The van der Waals surface area contributed by atoms with Crippen molar-refractivity contribution in [2.45, 2.75) is 20.3 Å². The van der Waals surface area contributed by atoms with Crippen molar-refractivity contribution in [2.75, 3.05) is 13.6 Å². The lowest BCUT2D eigenvalue weighted by atomic mass is 10.4. The van der Waals surface area contributed by atoms with Gasteiger partial charge in [0.05, 0.1) is 0 Å². The number of nitrogens with zero attached hydrogens (tertiary/aromatic N) is 1. The molecule has 0 saturated heterocycles. The molecule has 1 amide bonds. The maximum Gasteiger partial charge on any atom is 0.222 e. The number of hydrogen-bond acceptors (Lipinski definition) is 1. The third-order valence-electron chi connectivity index (χ3n) is 1.34. The van der Waals surface area contributed by atoms with E-state index in [2.05, 4.69) is 0 Å². The summed E-state index contributed by atoms with van der Waals surface area (Å²) >= 11 is 0. The van der Waals surface area contributed by atoms with Crippen molar-refractivity contribution in [3.8, 4) is 0 Å². The second-order valence-electron chi connectivity index (χ2n) is 2.20. The van der Waals surface area contributed by atoms with E-state index in [1.807, 2.05) is 33.0 Å². The van der Waals surface area contributed by atoms with Crippen LogP contribution in [-0.4, -0.2) is 24.4 Å². The molecule has 0 aliphatic carbocycles. The molecule has 0 aromatic rings. The van der Waals surface area contributed by atoms with E-state index in [-0.39, 0.29) is 5.91 Å². The third kappa shape index (κ3) is 3.28. The van der Waals surface area contributed by atoms with Gasteiger partial charge in [-0.25, -0.2) is 0 Å². The highest BCUT2D eigenvalue weighted by molar-refractivity contribution is 5.75. The highest BCUT2D eigenvalue weighted by Gasteiger charge is 2.01. The van der Waals surface area contributed by atoms with Gasteiger partial charge in [-0.3, -0.25) is 4.79 Å². The number of rotatable bonds is 3. The summed E-state index contributed by atoms with van der Waals surface area (Å²) in [5, 5.41) is 0. The van der Waals surface area contributed by atoms with Crippen molar-refractivity contribution < 1.29 is 4.79 Å². The summed E-state index contributed by atoms with van der Waals surface area (Å²) in [6.07, 6.45) is 4.50. The molecule has 0 atom stereocenters. The Morgan fingerprint density at radius 3 is 2.60 bits per heavy atom. The summed E-state index contributed by atoms with van der Waals surface area (Å²) in [5.41, 5.74) is 0. The summed E-state index contributed by atoms with van der Waals surface area (Å²) in [6.45, 7) is 4.54. The Labute approximate surface area is 62.5 Å². The molecular weight excluding hydrogens is 126 g/mol. The molecule has 0 aromatic carbocycles. The van der Waals surface area contributed by atoms with E-state index in [4.69, 9.17) is 0 Å². The second kappa shape index (κ2) is 5.03. The van der Waals surface area contributed by atoms with Crippen LogP contribution in [-0.2, 0) is 4.79 Å². The quantitative estimate of drug-likeness (QED) is 0.544. The minimum atomic E-state index is 0.193. The Morgan fingerprint density at radius 1 is 1.60 bits per heavy atom. The fourth-order valence-corrected chi connectivity index (χ4v) is 0.635.